The number of hydrogen-bond acceptors (Lipinski definition) is 7. The molecule has 3 heterocycles. The molecule has 0 amide bonds. The number of ether oxygens (including phenoxy) is 1. The van der Waals surface area contributed by atoms with Crippen molar-refractivity contribution in [3.05, 3.63) is 69.8 Å². The average molecular weight is 465 g/mol. The van der Waals surface area contributed by atoms with E-state index in [-0.39, 0.29) is 12.3 Å². The molecule has 0 aliphatic carbocycles. The molecule has 1 aromatic carbocycles. The Morgan fingerprint density at radius 3 is 2.80 bits per heavy atom. The second-order valence-corrected chi connectivity index (χ2v) is 10.6. The van der Waals surface area contributed by atoms with Crippen LogP contribution in [0.2, 0.25) is 5.02 Å². The molecule has 10 heteroatoms. The molecule has 158 valence electrons. The van der Waals surface area contributed by atoms with Crippen molar-refractivity contribution in [1.29, 1.82) is 0 Å². The van der Waals surface area contributed by atoms with Gasteiger partial charge in [0.05, 0.1) is 18.1 Å². The first-order chi connectivity index (χ1) is 14.4. The number of nitrogens with one attached hydrogen (secondary N) is 1. The van der Waals surface area contributed by atoms with Crippen molar-refractivity contribution in [3.8, 4) is 0 Å². The summed E-state index contributed by atoms with van der Waals surface area (Å²) in [5.74, 6) is 0.571. The lowest BCUT2D eigenvalue weighted by atomic mass is 10.2. The van der Waals surface area contributed by atoms with Gasteiger partial charge in [-0.3, -0.25) is 0 Å². The highest BCUT2D eigenvalue weighted by molar-refractivity contribution is 7.88. The highest BCUT2D eigenvalue weighted by Crippen LogP contribution is 2.26. The fourth-order valence-electron chi connectivity index (χ4n) is 3.16. The lowest BCUT2D eigenvalue weighted by molar-refractivity contribution is -0.00490. The van der Waals surface area contributed by atoms with Crippen molar-refractivity contribution in [2.24, 2.45) is 0 Å². The Kier molecular flexibility index (Phi) is 6.35. The second kappa shape index (κ2) is 8.99. The molecule has 7 nitrogen and oxygen atoms in total. The van der Waals surface area contributed by atoms with Gasteiger partial charge in [-0.1, -0.05) is 29.8 Å². The van der Waals surface area contributed by atoms with Gasteiger partial charge in [0.2, 0.25) is 10.0 Å². The topological polar surface area (TPSA) is 84.4 Å². The zero-order chi connectivity index (χ0) is 21.1. The summed E-state index contributed by atoms with van der Waals surface area (Å²) in [4.78, 5) is 9.99. The maximum Gasteiger partial charge on any atom is 0.218 e. The van der Waals surface area contributed by atoms with Crippen LogP contribution < -0.4 is 5.32 Å². The number of anilines is 2. The minimum absolute atomic E-state index is 0.0741. The van der Waals surface area contributed by atoms with Crippen LogP contribution in [-0.2, 0) is 20.5 Å². The molecule has 1 saturated heterocycles. The van der Waals surface area contributed by atoms with E-state index in [1.807, 2.05) is 25.1 Å². The summed E-state index contributed by atoms with van der Waals surface area (Å²) in [5, 5.41) is 4.52. The average Bonchev–Trinajstić information content (AvgIpc) is 3.14. The number of aromatic nitrogens is 2. The number of sulfonamides is 1. The summed E-state index contributed by atoms with van der Waals surface area (Å²) >= 11 is 7.43. The lowest BCUT2D eigenvalue weighted by Crippen LogP contribution is -2.42. The van der Waals surface area contributed by atoms with Gasteiger partial charge in [-0.2, -0.15) is 4.31 Å². The SMILES string of the molecule is Cc1cnc(Nc2cccc(C3CN(S(=O)(=O)Cc4ccc(Cl)cc4)CCO3)n2)s1. The fourth-order valence-corrected chi connectivity index (χ4v) is 5.47. The number of aryl methyl sites for hydroxylation is 1. The van der Waals surface area contributed by atoms with Crippen LogP contribution in [0.5, 0.6) is 0 Å². The number of benzene rings is 1. The van der Waals surface area contributed by atoms with Crippen molar-refractivity contribution >= 4 is 43.9 Å². The van der Waals surface area contributed by atoms with Gasteiger partial charge in [-0.15, -0.1) is 11.3 Å². The van der Waals surface area contributed by atoms with Crippen LogP contribution >= 0.6 is 22.9 Å². The summed E-state index contributed by atoms with van der Waals surface area (Å²) in [7, 11) is -3.49. The van der Waals surface area contributed by atoms with E-state index in [1.165, 1.54) is 4.31 Å². The summed E-state index contributed by atoms with van der Waals surface area (Å²) in [6, 6.07) is 12.4. The minimum Gasteiger partial charge on any atom is -0.369 e. The standard InChI is InChI=1S/C20H21ClN4O3S2/c1-14-11-22-20(29-14)24-19-4-2-3-17(23-19)18-12-25(9-10-28-18)30(26,27)13-15-5-7-16(21)8-6-15/h2-8,11,18H,9-10,12-13H2,1H3,(H,22,23,24). The fraction of sp³-hybridized carbons (Fsp3) is 0.300. The van der Waals surface area contributed by atoms with E-state index >= 15 is 0 Å². The quantitative estimate of drug-likeness (QED) is 0.590. The molecule has 1 N–H and O–H groups in total. The van der Waals surface area contributed by atoms with Crippen LogP contribution in [0, 0.1) is 6.92 Å². The van der Waals surface area contributed by atoms with Crippen LogP contribution in [0.25, 0.3) is 0 Å². The number of halogens is 1. The monoisotopic (exact) mass is 464 g/mol. The van der Waals surface area contributed by atoms with Crippen LogP contribution in [0.1, 0.15) is 22.2 Å². The number of nitrogens with zero attached hydrogens (tertiary/aromatic N) is 3. The van der Waals surface area contributed by atoms with Gasteiger partial charge < -0.3 is 10.1 Å². The molecule has 0 saturated carbocycles. The van der Waals surface area contributed by atoms with Gasteiger partial charge in [-0.25, -0.2) is 18.4 Å². The number of morpholine rings is 1. The summed E-state index contributed by atoms with van der Waals surface area (Å²) in [6.07, 6.45) is 1.36. The third-order valence-electron chi connectivity index (χ3n) is 4.64. The van der Waals surface area contributed by atoms with E-state index < -0.39 is 16.1 Å². The Bertz CT molecular complexity index is 1120. The lowest BCUT2D eigenvalue weighted by Gasteiger charge is -2.32. The predicted octanol–water partition coefficient (Wildman–Crippen LogP) is 4.15. The molecule has 1 aliphatic rings. The second-order valence-electron chi connectivity index (χ2n) is 6.95. The molecule has 4 rings (SSSR count). The highest BCUT2D eigenvalue weighted by atomic mass is 35.5. The highest BCUT2D eigenvalue weighted by Gasteiger charge is 2.31. The van der Waals surface area contributed by atoms with Gasteiger partial charge in [0.25, 0.3) is 0 Å². The third kappa shape index (κ3) is 5.16. The molecule has 1 fully saturated rings. The number of thiazole rings is 1. The van der Waals surface area contributed by atoms with Crippen molar-refractivity contribution < 1.29 is 13.2 Å². The number of hydrogen-bond donors (Lipinski definition) is 1. The molecule has 1 unspecified atom stereocenters. The largest absolute Gasteiger partial charge is 0.369 e. The molecule has 3 aromatic rings. The van der Waals surface area contributed by atoms with Crippen LogP contribution in [-0.4, -0.2) is 42.4 Å². The Balaban J connectivity index is 1.47. The summed E-state index contributed by atoms with van der Waals surface area (Å²) in [6.45, 7) is 2.85. The van der Waals surface area contributed by atoms with Crippen LogP contribution in [0.15, 0.2) is 48.7 Å². The van der Waals surface area contributed by atoms with Crippen molar-refractivity contribution in [3.63, 3.8) is 0 Å². The smallest absolute Gasteiger partial charge is 0.218 e. The predicted molar refractivity (Wildman–Crippen MR) is 119 cm³/mol. The van der Waals surface area contributed by atoms with Crippen LogP contribution in [0.3, 0.4) is 0 Å². The molecule has 2 aromatic heterocycles. The first-order valence-electron chi connectivity index (χ1n) is 9.39. The summed E-state index contributed by atoms with van der Waals surface area (Å²) < 4.78 is 33.2. The Labute approximate surface area is 184 Å². The van der Waals surface area contributed by atoms with Crippen molar-refractivity contribution in [2.75, 3.05) is 25.0 Å². The first kappa shape index (κ1) is 21.2. The zero-order valence-electron chi connectivity index (χ0n) is 16.3. The minimum atomic E-state index is -3.49. The zero-order valence-corrected chi connectivity index (χ0v) is 18.7. The van der Waals surface area contributed by atoms with E-state index in [1.54, 1.807) is 41.8 Å². The maximum atomic E-state index is 12.9. The Morgan fingerprint density at radius 2 is 2.07 bits per heavy atom. The maximum absolute atomic E-state index is 12.9. The van der Waals surface area contributed by atoms with E-state index in [0.29, 0.717) is 35.2 Å². The van der Waals surface area contributed by atoms with Crippen molar-refractivity contribution in [2.45, 2.75) is 18.8 Å². The van der Waals surface area contributed by atoms with Gasteiger partial charge in [0.15, 0.2) is 5.13 Å². The molecular formula is C20H21ClN4O3S2. The van der Waals surface area contributed by atoms with Gasteiger partial charge in [0.1, 0.15) is 11.9 Å². The number of rotatable bonds is 6. The third-order valence-corrected chi connectivity index (χ3v) is 7.54. The van der Waals surface area contributed by atoms with E-state index in [4.69, 9.17) is 16.3 Å². The van der Waals surface area contributed by atoms with Gasteiger partial charge in [0, 0.05) is 29.2 Å². The summed E-state index contributed by atoms with van der Waals surface area (Å²) in [5.41, 5.74) is 1.38. The molecule has 30 heavy (non-hydrogen) atoms. The van der Waals surface area contributed by atoms with Gasteiger partial charge >= 0.3 is 0 Å². The molecule has 1 atom stereocenters. The molecule has 0 radical (unpaired) electrons. The molecule has 1 aliphatic heterocycles. The molecule has 0 spiro atoms. The van der Waals surface area contributed by atoms with E-state index in [2.05, 4.69) is 15.3 Å². The van der Waals surface area contributed by atoms with Gasteiger partial charge in [-0.05, 0) is 36.8 Å². The van der Waals surface area contributed by atoms with E-state index in [0.717, 1.165) is 10.0 Å². The Hall–Kier alpha value is -2.04. The molecular weight excluding hydrogens is 444 g/mol. The Morgan fingerprint density at radius 1 is 1.27 bits per heavy atom. The van der Waals surface area contributed by atoms with E-state index in [9.17, 15) is 8.42 Å². The number of pyridine rings is 1. The first-order valence-corrected chi connectivity index (χ1v) is 12.2. The normalized spacial score (nSPS) is 17.7. The van der Waals surface area contributed by atoms with Crippen LogP contribution in [0.4, 0.5) is 10.9 Å². The molecule has 0 bridgehead atoms. The van der Waals surface area contributed by atoms with Crippen molar-refractivity contribution in [1.82, 2.24) is 14.3 Å².